The fraction of sp³-hybridized carbons (Fsp3) is 0.526. The Kier molecular flexibility index (Phi) is 9.88. The number of carbonyl (C=O) groups excluding carboxylic acids is 2. The summed E-state index contributed by atoms with van der Waals surface area (Å²) >= 11 is 0. The molecular weight excluding hydrogens is 432 g/mol. The monoisotopic (exact) mass is 460 g/mol. The molecular formula is C19H28N2O9S. The standard InChI is InChI=1S/C19H28N2O9S/c1-5-28-17(24)19(3,4)12-30-31(26,27)21-13(2)15(16(22)23)20-18(25)29-11-14-9-7-6-8-10-14/h6-10,13,15,21H,5,11-12H2,1-4H3,(H,20,25)(H,22,23)/t13-,15+/m1/s1. The Hall–Kier alpha value is -2.70. The number of carbonyl (C=O) groups is 3. The van der Waals surface area contributed by atoms with E-state index in [-0.39, 0.29) is 13.2 Å². The van der Waals surface area contributed by atoms with Crippen LogP contribution in [0.1, 0.15) is 33.3 Å². The van der Waals surface area contributed by atoms with E-state index >= 15 is 0 Å². The highest BCUT2D eigenvalue weighted by atomic mass is 32.2. The van der Waals surface area contributed by atoms with Gasteiger partial charge in [-0.05, 0) is 33.3 Å². The van der Waals surface area contributed by atoms with E-state index in [4.69, 9.17) is 13.7 Å². The predicted octanol–water partition coefficient (Wildman–Crippen LogP) is 1.19. The maximum atomic E-state index is 12.2. The Morgan fingerprint density at radius 3 is 2.29 bits per heavy atom. The second kappa shape index (κ2) is 11.6. The Bertz CT molecular complexity index is 856. The minimum Gasteiger partial charge on any atom is -0.480 e. The zero-order chi connectivity index (χ0) is 23.7. The van der Waals surface area contributed by atoms with Gasteiger partial charge in [-0.25, -0.2) is 9.59 Å². The number of esters is 1. The molecule has 174 valence electrons. The van der Waals surface area contributed by atoms with Crippen molar-refractivity contribution < 1.29 is 41.6 Å². The lowest BCUT2D eigenvalue weighted by molar-refractivity contribution is -0.154. The van der Waals surface area contributed by atoms with Crippen molar-refractivity contribution >= 4 is 28.3 Å². The molecule has 0 spiro atoms. The summed E-state index contributed by atoms with van der Waals surface area (Å²) in [5.41, 5.74) is -0.560. The SMILES string of the molecule is CCOC(=O)C(C)(C)COS(=O)(=O)N[C@H](C)[C@H](NC(=O)OCc1ccccc1)C(=O)O. The van der Waals surface area contributed by atoms with E-state index in [0.29, 0.717) is 5.56 Å². The van der Waals surface area contributed by atoms with Crippen molar-refractivity contribution in [2.45, 2.75) is 46.4 Å². The van der Waals surface area contributed by atoms with Crippen LogP contribution in [-0.4, -0.2) is 56.9 Å². The van der Waals surface area contributed by atoms with Gasteiger partial charge in [-0.1, -0.05) is 30.3 Å². The number of benzene rings is 1. The lowest BCUT2D eigenvalue weighted by Crippen LogP contribution is -2.54. The van der Waals surface area contributed by atoms with Gasteiger partial charge in [0.25, 0.3) is 0 Å². The Labute approximate surface area is 181 Å². The average Bonchev–Trinajstić information content (AvgIpc) is 2.69. The molecule has 0 bridgehead atoms. The number of amides is 1. The molecule has 11 nitrogen and oxygen atoms in total. The highest BCUT2D eigenvalue weighted by Gasteiger charge is 2.34. The fourth-order valence-electron chi connectivity index (χ4n) is 2.23. The third-order valence-corrected chi connectivity index (χ3v) is 5.07. The summed E-state index contributed by atoms with van der Waals surface area (Å²) in [6.07, 6.45) is -1.04. The van der Waals surface area contributed by atoms with E-state index in [1.165, 1.54) is 20.8 Å². The summed E-state index contributed by atoms with van der Waals surface area (Å²) in [7, 11) is -4.45. The van der Waals surface area contributed by atoms with Crippen molar-refractivity contribution in [1.82, 2.24) is 10.0 Å². The molecule has 0 radical (unpaired) electrons. The van der Waals surface area contributed by atoms with Crippen molar-refractivity contribution in [1.29, 1.82) is 0 Å². The molecule has 1 amide bonds. The van der Waals surface area contributed by atoms with E-state index < -0.39 is 52.4 Å². The summed E-state index contributed by atoms with van der Waals surface area (Å²) in [4.78, 5) is 35.3. The number of alkyl carbamates (subject to hydrolysis) is 1. The quantitative estimate of drug-likeness (QED) is 0.390. The smallest absolute Gasteiger partial charge is 0.408 e. The number of rotatable bonds is 12. The van der Waals surface area contributed by atoms with Crippen molar-refractivity contribution in [3.8, 4) is 0 Å². The highest BCUT2D eigenvalue weighted by molar-refractivity contribution is 7.84. The summed E-state index contributed by atoms with van der Waals surface area (Å²) in [6.45, 7) is 5.22. The van der Waals surface area contributed by atoms with Crippen molar-refractivity contribution in [2.75, 3.05) is 13.2 Å². The third-order valence-electron chi connectivity index (χ3n) is 3.99. The first kappa shape index (κ1) is 26.3. The van der Waals surface area contributed by atoms with Gasteiger partial charge in [0.05, 0.1) is 24.7 Å². The van der Waals surface area contributed by atoms with E-state index in [9.17, 15) is 27.9 Å². The van der Waals surface area contributed by atoms with E-state index in [2.05, 4.69) is 5.32 Å². The zero-order valence-corrected chi connectivity index (χ0v) is 18.6. The number of hydrogen-bond acceptors (Lipinski definition) is 8. The average molecular weight is 461 g/mol. The maximum absolute atomic E-state index is 12.2. The highest BCUT2D eigenvalue weighted by Crippen LogP contribution is 2.19. The Morgan fingerprint density at radius 2 is 1.74 bits per heavy atom. The molecule has 12 heteroatoms. The summed E-state index contributed by atoms with van der Waals surface area (Å²) < 4.78 is 40.9. The van der Waals surface area contributed by atoms with Crippen LogP contribution in [0.2, 0.25) is 0 Å². The van der Waals surface area contributed by atoms with Crippen LogP contribution in [0.25, 0.3) is 0 Å². The van der Waals surface area contributed by atoms with Gasteiger partial charge < -0.3 is 19.9 Å². The molecule has 0 aliphatic heterocycles. The van der Waals surface area contributed by atoms with Gasteiger partial charge in [0, 0.05) is 0 Å². The van der Waals surface area contributed by atoms with Gasteiger partial charge in [-0.15, -0.1) is 0 Å². The molecule has 3 N–H and O–H groups in total. The summed E-state index contributed by atoms with van der Waals surface area (Å²) in [6, 6.07) is 5.78. The van der Waals surface area contributed by atoms with Crippen LogP contribution >= 0.6 is 0 Å². The molecule has 0 unspecified atom stereocenters. The number of hydrogen-bond donors (Lipinski definition) is 3. The number of aliphatic carboxylic acids is 1. The summed E-state index contributed by atoms with van der Waals surface area (Å²) in [5.74, 6) is -2.14. The van der Waals surface area contributed by atoms with Crippen LogP contribution in [0.3, 0.4) is 0 Å². The Balaban J connectivity index is 2.66. The fourth-order valence-corrected chi connectivity index (χ4v) is 3.34. The van der Waals surface area contributed by atoms with Crippen LogP contribution in [0.15, 0.2) is 30.3 Å². The van der Waals surface area contributed by atoms with Crippen LogP contribution < -0.4 is 10.0 Å². The van der Waals surface area contributed by atoms with Crippen LogP contribution in [0.5, 0.6) is 0 Å². The van der Waals surface area contributed by atoms with E-state index in [1.54, 1.807) is 37.3 Å². The first-order chi connectivity index (χ1) is 14.4. The molecule has 0 heterocycles. The van der Waals surface area contributed by atoms with E-state index in [1.807, 2.05) is 4.72 Å². The van der Waals surface area contributed by atoms with Crippen molar-refractivity contribution in [2.24, 2.45) is 5.41 Å². The van der Waals surface area contributed by atoms with Crippen LogP contribution in [-0.2, 0) is 40.2 Å². The lowest BCUT2D eigenvalue weighted by atomic mass is 9.95. The molecule has 1 rings (SSSR count). The first-order valence-corrected chi connectivity index (χ1v) is 10.8. The minimum atomic E-state index is -4.45. The molecule has 0 saturated heterocycles. The number of nitrogens with one attached hydrogen (secondary N) is 2. The second-order valence-corrected chi connectivity index (χ2v) is 8.63. The van der Waals surface area contributed by atoms with Crippen molar-refractivity contribution in [3.63, 3.8) is 0 Å². The van der Waals surface area contributed by atoms with Gasteiger partial charge in [-0.3, -0.25) is 8.98 Å². The van der Waals surface area contributed by atoms with Gasteiger partial charge in [0.2, 0.25) is 0 Å². The molecule has 0 saturated carbocycles. The van der Waals surface area contributed by atoms with Crippen molar-refractivity contribution in [3.05, 3.63) is 35.9 Å². The number of carboxylic acids is 1. The molecule has 1 aromatic carbocycles. The van der Waals surface area contributed by atoms with Gasteiger partial charge in [0.1, 0.15) is 12.6 Å². The molecule has 0 aromatic heterocycles. The molecule has 0 aliphatic carbocycles. The molecule has 1 aromatic rings. The number of ether oxygens (including phenoxy) is 2. The van der Waals surface area contributed by atoms with Crippen LogP contribution in [0.4, 0.5) is 4.79 Å². The minimum absolute atomic E-state index is 0.0921. The normalized spacial score (nSPS) is 13.7. The maximum Gasteiger partial charge on any atom is 0.408 e. The Morgan fingerprint density at radius 1 is 1.13 bits per heavy atom. The zero-order valence-electron chi connectivity index (χ0n) is 17.8. The lowest BCUT2D eigenvalue weighted by Gasteiger charge is -2.24. The molecule has 31 heavy (non-hydrogen) atoms. The third kappa shape index (κ3) is 9.32. The predicted molar refractivity (Wildman–Crippen MR) is 109 cm³/mol. The van der Waals surface area contributed by atoms with E-state index in [0.717, 1.165) is 0 Å². The number of carboxylic acid groups (broad SMARTS) is 1. The topological polar surface area (TPSA) is 157 Å². The largest absolute Gasteiger partial charge is 0.480 e. The van der Waals surface area contributed by atoms with Crippen LogP contribution in [0, 0.1) is 5.41 Å². The molecule has 2 atom stereocenters. The molecule has 0 aliphatic rings. The first-order valence-electron chi connectivity index (χ1n) is 9.42. The second-order valence-electron chi connectivity index (χ2n) is 7.25. The van der Waals surface area contributed by atoms with Gasteiger partial charge in [-0.2, -0.15) is 13.1 Å². The summed E-state index contributed by atoms with van der Waals surface area (Å²) in [5, 5.41) is 11.5. The molecule has 0 fully saturated rings. The van der Waals surface area contributed by atoms with Gasteiger partial charge in [0.15, 0.2) is 0 Å². The van der Waals surface area contributed by atoms with Gasteiger partial charge >= 0.3 is 28.3 Å².